The second-order valence-corrected chi connectivity index (χ2v) is 6.30. The number of thiocarbonyl (C=S) groups is 1. The van der Waals surface area contributed by atoms with Gasteiger partial charge in [0.25, 0.3) is 0 Å². The van der Waals surface area contributed by atoms with Gasteiger partial charge < -0.3 is 10.1 Å². The van der Waals surface area contributed by atoms with Crippen LogP contribution in [0.2, 0.25) is 0 Å². The van der Waals surface area contributed by atoms with E-state index in [0.717, 1.165) is 26.5 Å². The molecule has 1 aliphatic heterocycles. The van der Waals surface area contributed by atoms with Crippen LogP contribution in [0.4, 0.5) is 0 Å². The lowest BCUT2D eigenvalue weighted by Crippen LogP contribution is -2.41. The van der Waals surface area contributed by atoms with E-state index in [1.165, 1.54) is 12.8 Å². The average Bonchev–Trinajstić information content (AvgIpc) is 3.18. The van der Waals surface area contributed by atoms with E-state index in [9.17, 15) is 0 Å². The molecule has 3 nitrogen and oxygen atoms in total. The lowest BCUT2D eigenvalue weighted by Gasteiger charge is -2.28. The van der Waals surface area contributed by atoms with Crippen molar-refractivity contribution in [2.75, 3.05) is 7.11 Å². The van der Waals surface area contributed by atoms with E-state index in [0.29, 0.717) is 5.92 Å². The largest absolute Gasteiger partial charge is 0.496 e. The second-order valence-electron chi connectivity index (χ2n) is 5.04. The summed E-state index contributed by atoms with van der Waals surface area (Å²) in [5.74, 6) is 1.36. The molecule has 0 spiro atoms. The van der Waals surface area contributed by atoms with E-state index < -0.39 is 0 Å². The number of nitrogens with one attached hydrogen (secondary N) is 1. The number of hydrogen-bond acceptors (Lipinski definition) is 3. The molecule has 1 heterocycles. The quantitative estimate of drug-likeness (QED) is 0.857. The number of aliphatic imine (C=N–C) groups is 1. The fourth-order valence-electron chi connectivity index (χ4n) is 2.58. The summed E-state index contributed by atoms with van der Waals surface area (Å²) in [7, 11) is 1.67. The van der Waals surface area contributed by atoms with Crippen molar-refractivity contribution in [2.45, 2.75) is 25.4 Å². The van der Waals surface area contributed by atoms with Crippen molar-refractivity contribution in [1.82, 2.24) is 5.32 Å². The van der Waals surface area contributed by atoms with Crippen molar-refractivity contribution in [1.29, 1.82) is 0 Å². The molecule has 1 aromatic rings. The van der Waals surface area contributed by atoms with Crippen molar-refractivity contribution in [3.63, 3.8) is 0 Å². The van der Waals surface area contributed by atoms with Crippen LogP contribution in [0, 0.1) is 5.92 Å². The van der Waals surface area contributed by atoms with Gasteiger partial charge in [-0.1, -0.05) is 18.3 Å². The van der Waals surface area contributed by atoms with Crippen molar-refractivity contribution >= 4 is 38.8 Å². The van der Waals surface area contributed by atoms with E-state index in [4.69, 9.17) is 21.9 Å². The van der Waals surface area contributed by atoms with E-state index in [1.54, 1.807) is 7.11 Å². The van der Waals surface area contributed by atoms with Crippen LogP contribution in [0.5, 0.6) is 5.75 Å². The van der Waals surface area contributed by atoms with Crippen LogP contribution in [0.25, 0.3) is 0 Å². The van der Waals surface area contributed by atoms with Crippen molar-refractivity contribution in [3.8, 4) is 5.75 Å². The van der Waals surface area contributed by atoms with Gasteiger partial charge in [-0.15, -0.1) is 0 Å². The van der Waals surface area contributed by atoms with E-state index in [1.807, 2.05) is 13.0 Å². The molecule has 19 heavy (non-hydrogen) atoms. The van der Waals surface area contributed by atoms with E-state index in [-0.39, 0.29) is 5.66 Å². The standard InChI is InChI=1S/C14H15BrN2OS/c1-8-13(19)17-14(16-8,9-3-4-9)10-5-6-12(18-2)11(15)7-10/h5-7,9H,3-4H2,1-2H3,(H,17,19). The highest BCUT2D eigenvalue weighted by Gasteiger charge is 2.50. The number of rotatable bonds is 3. The maximum atomic E-state index is 5.34. The molecular formula is C14H15BrN2OS. The lowest BCUT2D eigenvalue weighted by atomic mass is 9.95. The summed E-state index contributed by atoms with van der Waals surface area (Å²) in [4.78, 5) is 5.60. The first-order valence-electron chi connectivity index (χ1n) is 6.30. The molecule has 1 unspecified atom stereocenters. The fourth-order valence-corrected chi connectivity index (χ4v) is 3.32. The molecule has 1 aromatic carbocycles. The molecule has 1 N–H and O–H groups in total. The molecule has 0 saturated heterocycles. The molecule has 1 aliphatic carbocycles. The van der Waals surface area contributed by atoms with Crippen LogP contribution >= 0.6 is 28.1 Å². The Kier molecular flexibility index (Phi) is 3.14. The zero-order valence-electron chi connectivity index (χ0n) is 10.9. The summed E-state index contributed by atoms with van der Waals surface area (Å²) >= 11 is 8.89. The lowest BCUT2D eigenvalue weighted by molar-refractivity contribution is 0.368. The van der Waals surface area contributed by atoms with Gasteiger partial charge in [0.05, 0.1) is 17.3 Å². The number of methoxy groups -OCH3 is 1. The Morgan fingerprint density at radius 3 is 2.68 bits per heavy atom. The van der Waals surface area contributed by atoms with Gasteiger partial charge >= 0.3 is 0 Å². The molecule has 3 rings (SSSR count). The van der Waals surface area contributed by atoms with Gasteiger partial charge in [-0.05, 0) is 47.8 Å². The third-order valence-corrected chi connectivity index (χ3v) is 4.75. The Hall–Kier alpha value is -0.940. The first kappa shape index (κ1) is 13.1. The zero-order chi connectivity index (χ0) is 13.6. The predicted molar refractivity (Wildman–Crippen MR) is 83.9 cm³/mol. The summed E-state index contributed by atoms with van der Waals surface area (Å²) in [6, 6.07) is 6.12. The third-order valence-electron chi connectivity index (χ3n) is 3.74. The molecule has 0 bridgehead atoms. The monoisotopic (exact) mass is 338 g/mol. The van der Waals surface area contributed by atoms with Gasteiger partial charge in [-0.3, -0.25) is 4.99 Å². The topological polar surface area (TPSA) is 33.6 Å². The molecular weight excluding hydrogens is 324 g/mol. The van der Waals surface area contributed by atoms with Crippen molar-refractivity contribution in [3.05, 3.63) is 28.2 Å². The maximum Gasteiger partial charge on any atom is 0.159 e. The summed E-state index contributed by atoms with van der Waals surface area (Å²) in [5.41, 5.74) is 1.70. The SMILES string of the molecule is COc1ccc(C2(C3CC3)N=C(C)C(=S)N2)cc1Br. The van der Waals surface area contributed by atoms with Crippen LogP contribution < -0.4 is 10.1 Å². The molecule has 0 amide bonds. The minimum absolute atomic E-state index is 0.365. The van der Waals surface area contributed by atoms with Crippen LogP contribution in [-0.2, 0) is 5.66 Å². The Morgan fingerprint density at radius 2 is 2.21 bits per heavy atom. The maximum absolute atomic E-state index is 5.34. The number of nitrogens with zero attached hydrogens (tertiary/aromatic N) is 1. The summed E-state index contributed by atoms with van der Waals surface area (Å²) in [5, 5.41) is 3.43. The van der Waals surface area contributed by atoms with Gasteiger partial charge in [0, 0.05) is 11.5 Å². The number of hydrogen-bond donors (Lipinski definition) is 1. The van der Waals surface area contributed by atoms with Crippen LogP contribution in [0.15, 0.2) is 27.7 Å². The van der Waals surface area contributed by atoms with E-state index >= 15 is 0 Å². The Morgan fingerprint density at radius 1 is 1.47 bits per heavy atom. The summed E-state index contributed by atoms with van der Waals surface area (Å²) in [6.45, 7) is 1.97. The first-order valence-corrected chi connectivity index (χ1v) is 7.50. The molecule has 1 saturated carbocycles. The van der Waals surface area contributed by atoms with Crippen LogP contribution in [0.3, 0.4) is 0 Å². The van der Waals surface area contributed by atoms with Gasteiger partial charge in [-0.2, -0.15) is 0 Å². The zero-order valence-corrected chi connectivity index (χ0v) is 13.3. The molecule has 0 radical (unpaired) electrons. The highest BCUT2D eigenvalue weighted by Crippen LogP contribution is 2.49. The van der Waals surface area contributed by atoms with Crippen LogP contribution in [-0.4, -0.2) is 17.8 Å². The molecule has 100 valence electrons. The van der Waals surface area contributed by atoms with Gasteiger partial charge in [0.2, 0.25) is 0 Å². The van der Waals surface area contributed by atoms with Crippen LogP contribution in [0.1, 0.15) is 25.3 Å². The molecule has 0 aromatic heterocycles. The van der Waals surface area contributed by atoms with Crippen molar-refractivity contribution in [2.24, 2.45) is 10.9 Å². The first-order chi connectivity index (χ1) is 9.06. The molecule has 1 atom stereocenters. The molecule has 1 fully saturated rings. The molecule has 2 aliphatic rings. The predicted octanol–water partition coefficient (Wildman–Crippen LogP) is 3.41. The second kappa shape index (κ2) is 4.56. The van der Waals surface area contributed by atoms with Gasteiger partial charge in [-0.25, -0.2) is 0 Å². The highest BCUT2D eigenvalue weighted by atomic mass is 79.9. The number of halogens is 1. The fraction of sp³-hybridized carbons (Fsp3) is 0.429. The smallest absolute Gasteiger partial charge is 0.159 e. The Bertz CT molecular complexity index is 583. The van der Waals surface area contributed by atoms with Gasteiger partial charge in [0.1, 0.15) is 10.7 Å². The minimum Gasteiger partial charge on any atom is -0.496 e. The highest BCUT2D eigenvalue weighted by molar-refractivity contribution is 9.10. The average molecular weight is 339 g/mol. The number of ether oxygens (including phenoxy) is 1. The summed E-state index contributed by atoms with van der Waals surface area (Å²) in [6.07, 6.45) is 2.38. The number of benzene rings is 1. The normalized spacial score (nSPS) is 26.1. The van der Waals surface area contributed by atoms with E-state index in [2.05, 4.69) is 33.4 Å². The Balaban J connectivity index is 2.07. The van der Waals surface area contributed by atoms with Crippen molar-refractivity contribution < 1.29 is 4.74 Å². The molecule has 5 heteroatoms. The van der Waals surface area contributed by atoms with Gasteiger partial charge in [0.15, 0.2) is 5.66 Å². The minimum atomic E-state index is -0.365. The third kappa shape index (κ3) is 2.09. The Labute approximate surface area is 126 Å². The summed E-state index contributed by atoms with van der Waals surface area (Å²) < 4.78 is 6.23.